The number of esters is 1. The van der Waals surface area contributed by atoms with Gasteiger partial charge in [0.05, 0.1) is 18.4 Å². The predicted molar refractivity (Wildman–Crippen MR) is 104 cm³/mol. The van der Waals surface area contributed by atoms with E-state index in [1.165, 1.54) is 27.0 Å². The highest BCUT2D eigenvalue weighted by Crippen LogP contribution is 2.32. The van der Waals surface area contributed by atoms with E-state index < -0.39 is 47.8 Å². The Bertz CT molecular complexity index is 766. The van der Waals surface area contributed by atoms with Gasteiger partial charge >= 0.3 is 11.7 Å². The number of anilines is 1. The lowest BCUT2D eigenvalue weighted by atomic mass is 9.97. The highest BCUT2D eigenvalue weighted by atomic mass is 35.5. The maximum Gasteiger partial charge on any atom is 0.351 e. The van der Waals surface area contributed by atoms with Gasteiger partial charge in [-0.3, -0.25) is 9.36 Å². The number of rotatable bonds is 11. The Balaban J connectivity index is 3.43. The number of hydrogen-bond acceptors (Lipinski definition) is 8. The van der Waals surface area contributed by atoms with Gasteiger partial charge in [-0.25, -0.2) is 9.18 Å². The van der Waals surface area contributed by atoms with Crippen molar-refractivity contribution in [3.8, 4) is 0 Å². The van der Waals surface area contributed by atoms with Crippen molar-refractivity contribution in [3.63, 3.8) is 0 Å². The van der Waals surface area contributed by atoms with Gasteiger partial charge in [0.25, 0.3) is 0 Å². The second kappa shape index (κ2) is 10.1. The minimum atomic E-state index is -2.22. The number of nitrogens with two attached hydrogens (primary N) is 1. The summed E-state index contributed by atoms with van der Waals surface area (Å²) in [7, 11) is 1.23. The van der Waals surface area contributed by atoms with E-state index in [9.17, 15) is 14.4 Å². The molecule has 0 aliphatic rings. The first-order chi connectivity index (χ1) is 13.4. The summed E-state index contributed by atoms with van der Waals surface area (Å²) in [6, 6.07) is 1.22. The summed E-state index contributed by atoms with van der Waals surface area (Å²) in [5.41, 5.74) is 1.51. The number of methoxy groups -OCH3 is 1. The smallest absolute Gasteiger partial charge is 0.351 e. The molecule has 0 radical (unpaired) electrons. The van der Waals surface area contributed by atoms with Crippen molar-refractivity contribution in [3.05, 3.63) is 22.7 Å². The van der Waals surface area contributed by atoms with E-state index in [4.69, 9.17) is 31.5 Å². The normalized spacial score (nSPS) is 16.1. The maximum absolute atomic E-state index is 15.5. The third kappa shape index (κ3) is 6.22. The minimum absolute atomic E-state index is 0.0967. The number of carbonyl (C=O) groups is 2. The molecule has 0 aliphatic heterocycles. The molecule has 164 valence electrons. The van der Waals surface area contributed by atoms with Gasteiger partial charge in [0.15, 0.2) is 12.4 Å². The summed E-state index contributed by atoms with van der Waals surface area (Å²) in [5, 5.41) is 0. The highest BCUT2D eigenvalue weighted by molar-refractivity contribution is 6.18. The van der Waals surface area contributed by atoms with Crippen molar-refractivity contribution in [1.29, 1.82) is 0 Å². The zero-order chi connectivity index (χ0) is 22.4. The second-order valence-corrected chi connectivity index (χ2v) is 7.61. The highest BCUT2D eigenvalue weighted by Gasteiger charge is 2.49. The lowest BCUT2D eigenvalue weighted by Gasteiger charge is -2.40. The number of ether oxygens (including phenoxy) is 3. The Morgan fingerprint density at radius 3 is 2.52 bits per heavy atom. The lowest BCUT2D eigenvalue weighted by molar-refractivity contribution is -0.205. The van der Waals surface area contributed by atoms with Crippen molar-refractivity contribution in [2.24, 2.45) is 5.92 Å². The molecule has 0 fully saturated rings. The zero-order valence-electron chi connectivity index (χ0n) is 17.1. The van der Waals surface area contributed by atoms with Gasteiger partial charge in [0.2, 0.25) is 6.30 Å². The molecule has 29 heavy (non-hydrogen) atoms. The molecule has 0 aliphatic carbocycles. The van der Waals surface area contributed by atoms with Crippen molar-refractivity contribution in [2.45, 2.75) is 51.3 Å². The first-order valence-corrected chi connectivity index (χ1v) is 9.37. The van der Waals surface area contributed by atoms with Crippen LogP contribution in [0.25, 0.3) is 0 Å². The Morgan fingerprint density at radius 1 is 1.45 bits per heavy atom. The number of halogens is 2. The average Bonchev–Trinajstić information content (AvgIpc) is 2.67. The molecule has 3 atom stereocenters. The van der Waals surface area contributed by atoms with E-state index in [1.807, 2.05) is 0 Å². The van der Waals surface area contributed by atoms with Crippen LogP contribution in [0.5, 0.6) is 0 Å². The quantitative estimate of drug-likeness (QED) is 0.315. The standard InChI is InChI=1S/C18H27ClFN3O6/c1-11(2)15(25)29-13(14(20)23-7-6-12(21)22-16(23)26)18(8-19,27-5)10-28-17(3,4)9-24/h6-7,9,11,13-14H,8,10H2,1-5H3,(H2,21,22,26)/t13-,14?,18?/m0/s1. The van der Waals surface area contributed by atoms with Crippen molar-refractivity contribution >= 4 is 29.7 Å². The van der Waals surface area contributed by atoms with Gasteiger partial charge < -0.3 is 24.7 Å². The first-order valence-electron chi connectivity index (χ1n) is 8.83. The molecule has 0 spiro atoms. The molecule has 0 amide bonds. The molecule has 0 saturated carbocycles. The predicted octanol–water partition coefficient (Wildman–Crippen LogP) is 1.48. The Morgan fingerprint density at radius 2 is 2.07 bits per heavy atom. The van der Waals surface area contributed by atoms with Gasteiger partial charge in [-0.1, -0.05) is 13.8 Å². The van der Waals surface area contributed by atoms with E-state index in [0.29, 0.717) is 10.9 Å². The second-order valence-electron chi connectivity index (χ2n) is 7.34. The maximum atomic E-state index is 15.5. The SMILES string of the molecule is COC(CCl)(COC(C)(C)C=O)[C@@H](OC(=O)C(C)C)C(F)n1ccc(N)nc1=O. The monoisotopic (exact) mass is 435 g/mol. The van der Waals surface area contributed by atoms with Gasteiger partial charge in [-0.05, 0) is 19.9 Å². The van der Waals surface area contributed by atoms with Crippen LogP contribution in [0, 0.1) is 5.92 Å². The summed E-state index contributed by atoms with van der Waals surface area (Å²) in [6.07, 6.45) is -2.28. The summed E-state index contributed by atoms with van der Waals surface area (Å²) in [4.78, 5) is 39.0. The number of hydrogen-bond donors (Lipinski definition) is 1. The van der Waals surface area contributed by atoms with Crippen molar-refractivity contribution in [2.75, 3.05) is 25.3 Å². The number of nitrogens with zero attached hydrogens (tertiary/aromatic N) is 2. The fourth-order valence-corrected chi connectivity index (χ4v) is 2.54. The molecule has 1 aromatic heterocycles. The van der Waals surface area contributed by atoms with E-state index in [0.717, 1.165) is 6.20 Å². The number of aldehydes is 1. The number of carbonyl (C=O) groups excluding carboxylic acids is 2. The van der Waals surface area contributed by atoms with E-state index >= 15 is 4.39 Å². The molecule has 1 rings (SSSR count). The molecule has 9 nitrogen and oxygen atoms in total. The Labute approximate surface area is 173 Å². The Hall–Kier alpha value is -2.04. The van der Waals surface area contributed by atoms with Crippen LogP contribution in [-0.4, -0.2) is 58.7 Å². The van der Waals surface area contributed by atoms with E-state index in [1.54, 1.807) is 13.8 Å². The molecule has 0 bridgehead atoms. The van der Waals surface area contributed by atoms with Gasteiger partial charge in [-0.15, -0.1) is 11.6 Å². The third-order valence-corrected chi connectivity index (χ3v) is 4.66. The van der Waals surface area contributed by atoms with Crippen molar-refractivity contribution in [1.82, 2.24) is 9.55 Å². The van der Waals surface area contributed by atoms with Crippen LogP contribution < -0.4 is 11.4 Å². The average molecular weight is 436 g/mol. The van der Waals surface area contributed by atoms with Gasteiger partial charge in [0.1, 0.15) is 17.0 Å². The number of alkyl halides is 2. The first kappa shape index (κ1) is 25.0. The van der Waals surface area contributed by atoms with Crippen LogP contribution in [-0.2, 0) is 23.8 Å². The molecule has 2 N–H and O–H groups in total. The third-order valence-electron chi connectivity index (χ3n) is 4.21. The Kier molecular flexibility index (Phi) is 8.73. The molecule has 2 unspecified atom stereocenters. The molecule has 1 aromatic rings. The molecular weight excluding hydrogens is 409 g/mol. The summed E-state index contributed by atoms with van der Waals surface area (Å²) in [6.45, 7) is 5.71. The molecule has 1 heterocycles. The summed E-state index contributed by atoms with van der Waals surface area (Å²) >= 11 is 6.08. The topological polar surface area (TPSA) is 123 Å². The molecule has 0 saturated heterocycles. The molecule has 11 heteroatoms. The fourth-order valence-electron chi connectivity index (χ4n) is 2.20. The number of aromatic nitrogens is 2. The van der Waals surface area contributed by atoms with Crippen LogP contribution in [0.15, 0.2) is 17.1 Å². The largest absolute Gasteiger partial charge is 0.454 e. The van der Waals surface area contributed by atoms with E-state index in [-0.39, 0.29) is 11.7 Å². The lowest BCUT2D eigenvalue weighted by Crippen LogP contribution is -2.57. The van der Waals surface area contributed by atoms with Crippen LogP contribution >= 0.6 is 11.6 Å². The number of nitrogen functional groups attached to an aromatic ring is 1. The summed E-state index contributed by atoms with van der Waals surface area (Å²) in [5.74, 6) is -1.80. The zero-order valence-corrected chi connectivity index (χ0v) is 17.8. The van der Waals surface area contributed by atoms with Crippen molar-refractivity contribution < 1.29 is 28.2 Å². The van der Waals surface area contributed by atoms with Crippen LogP contribution in [0.3, 0.4) is 0 Å². The molecular formula is C18H27ClFN3O6. The summed E-state index contributed by atoms with van der Waals surface area (Å²) < 4.78 is 32.4. The minimum Gasteiger partial charge on any atom is -0.454 e. The van der Waals surface area contributed by atoms with Crippen LogP contribution in [0.4, 0.5) is 10.2 Å². The van der Waals surface area contributed by atoms with Gasteiger partial charge in [-0.2, -0.15) is 4.98 Å². The van der Waals surface area contributed by atoms with Gasteiger partial charge in [0, 0.05) is 13.3 Å². The van der Waals surface area contributed by atoms with E-state index in [2.05, 4.69) is 4.98 Å². The fraction of sp³-hybridized carbons (Fsp3) is 0.667. The molecule has 0 aromatic carbocycles. The van der Waals surface area contributed by atoms with Crippen LogP contribution in [0.1, 0.15) is 34.0 Å². The van der Waals surface area contributed by atoms with Crippen LogP contribution in [0.2, 0.25) is 0 Å².